The van der Waals surface area contributed by atoms with Gasteiger partial charge in [-0.2, -0.15) is 5.26 Å². The Labute approximate surface area is 95.5 Å². The topological polar surface area (TPSA) is 35.8 Å². The molecule has 2 nitrogen and oxygen atoms in total. The second-order valence-corrected chi connectivity index (χ2v) is 3.76. The normalized spacial score (nSPS) is 12.0. The lowest BCUT2D eigenvalue weighted by molar-refractivity contribution is 0.847. The summed E-state index contributed by atoms with van der Waals surface area (Å²) < 4.78 is 0. The number of nitriles is 1. The first-order chi connectivity index (χ1) is 7.85. The van der Waals surface area contributed by atoms with Crippen LogP contribution in [0.25, 0.3) is 10.8 Å². The van der Waals surface area contributed by atoms with E-state index in [9.17, 15) is 0 Å². The second kappa shape index (κ2) is 4.67. The maximum absolute atomic E-state index is 8.95. The lowest BCUT2D eigenvalue weighted by Crippen LogP contribution is -2.15. The summed E-state index contributed by atoms with van der Waals surface area (Å²) in [6.07, 6.45) is 0.805. The molecule has 0 aliphatic rings. The quantitative estimate of drug-likeness (QED) is 0.840. The first-order valence-electron chi connectivity index (χ1n) is 5.49. The Morgan fingerprint density at radius 2 is 1.94 bits per heavy atom. The van der Waals surface area contributed by atoms with Gasteiger partial charge >= 0.3 is 0 Å². The molecule has 2 heteroatoms. The van der Waals surface area contributed by atoms with Crippen molar-refractivity contribution in [1.29, 1.82) is 5.26 Å². The molecule has 1 unspecified atom stereocenters. The third-order valence-electron chi connectivity index (χ3n) is 2.68. The average molecular weight is 210 g/mol. The second-order valence-electron chi connectivity index (χ2n) is 3.76. The molecule has 0 aliphatic heterocycles. The fraction of sp³-hybridized carbons (Fsp3) is 0.214. The van der Waals surface area contributed by atoms with Crippen LogP contribution in [0.4, 0.5) is 5.69 Å². The molecule has 0 saturated carbocycles. The van der Waals surface area contributed by atoms with Gasteiger partial charge in [0.25, 0.3) is 0 Å². The predicted octanol–water partition coefficient (Wildman–Crippen LogP) is 3.55. The Bertz CT molecular complexity index is 520. The molecular formula is C14H14N2. The molecule has 1 N–H and O–H groups in total. The number of rotatable bonds is 3. The van der Waals surface area contributed by atoms with Crippen LogP contribution in [0.15, 0.2) is 42.5 Å². The van der Waals surface area contributed by atoms with Crippen molar-refractivity contribution in [3.63, 3.8) is 0 Å². The molecule has 0 amide bonds. The molecular weight excluding hydrogens is 196 g/mol. The van der Waals surface area contributed by atoms with Gasteiger partial charge < -0.3 is 5.32 Å². The summed E-state index contributed by atoms with van der Waals surface area (Å²) in [7, 11) is 0. The van der Waals surface area contributed by atoms with Crippen LogP contribution in [-0.4, -0.2) is 6.04 Å². The number of fused-ring (bicyclic) bond motifs is 1. The first kappa shape index (κ1) is 10.5. The Morgan fingerprint density at radius 1 is 1.19 bits per heavy atom. The van der Waals surface area contributed by atoms with Crippen molar-refractivity contribution in [1.82, 2.24) is 0 Å². The van der Waals surface area contributed by atoms with E-state index >= 15 is 0 Å². The molecule has 0 heterocycles. The highest BCUT2D eigenvalue weighted by atomic mass is 14.9. The van der Waals surface area contributed by atoms with E-state index in [0.29, 0.717) is 0 Å². The standard InChI is InChI=1S/C14H14N2/c1-2-12(10-15)16-14-9-5-7-11-6-3-4-8-13(11)14/h3-9,12,16H,2H2,1H3. The van der Waals surface area contributed by atoms with Crippen LogP contribution in [0, 0.1) is 11.3 Å². The molecule has 0 saturated heterocycles. The van der Waals surface area contributed by atoms with Crippen LogP contribution in [0.2, 0.25) is 0 Å². The largest absolute Gasteiger partial charge is 0.369 e. The van der Waals surface area contributed by atoms with Crippen LogP contribution in [0.3, 0.4) is 0 Å². The number of benzene rings is 2. The van der Waals surface area contributed by atoms with Gasteiger partial charge in [-0.1, -0.05) is 43.3 Å². The first-order valence-corrected chi connectivity index (χ1v) is 5.49. The van der Waals surface area contributed by atoms with Crippen LogP contribution >= 0.6 is 0 Å². The van der Waals surface area contributed by atoms with Gasteiger partial charge in [-0.15, -0.1) is 0 Å². The van der Waals surface area contributed by atoms with Crippen LogP contribution in [0.5, 0.6) is 0 Å². The molecule has 2 rings (SSSR count). The van der Waals surface area contributed by atoms with E-state index < -0.39 is 0 Å². The fourth-order valence-corrected chi connectivity index (χ4v) is 1.76. The number of hydrogen-bond donors (Lipinski definition) is 1. The lowest BCUT2D eigenvalue weighted by Gasteiger charge is -2.12. The van der Waals surface area contributed by atoms with Crippen LogP contribution < -0.4 is 5.32 Å². The lowest BCUT2D eigenvalue weighted by atomic mass is 10.1. The summed E-state index contributed by atoms with van der Waals surface area (Å²) in [6.45, 7) is 2.01. The molecule has 80 valence electrons. The van der Waals surface area contributed by atoms with Crippen LogP contribution in [-0.2, 0) is 0 Å². The molecule has 2 aromatic carbocycles. The van der Waals surface area contributed by atoms with E-state index in [1.807, 2.05) is 31.2 Å². The zero-order chi connectivity index (χ0) is 11.4. The van der Waals surface area contributed by atoms with Gasteiger partial charge in [0.2, 0.25) is 0 Å². The van der Waals surface area contributed by atoms with Gasteiger partial charge in [0, 0.05) is 11.1 Å². The number of nitrogens with one attached hydrogen (secondary N) is 1. The van der Waals surface area contributed by atoms with Gasteiger partial charge in [0.15, 0.2) is 0 Å². The predicted molar refractivity (Wildman–Crippen MR) is 67.3 cm³/mol. The molecule has 0 spiro atoms. The van der Waals surface area contributed by atoms with E-state index in [-0.39, 0.29) is 6.04 Å². The van der Waals surface area contributed by atoms with E-state index in [1.54, 1.807) is 0 Å². The van der Waals surface area contributed by atoms with E-state index in [4.69, 9.17) is 5.26 Å². The molecule has 16 heavy (non-hydrogen) atoms. The van der Waals surface area contributed by atoms with Crippen molar-refractivity contribution in [3.8, 4) is 6.07 Å². The molecule has 2 aromatic rings. The van der Waals surface area contributed by atoms with E-state index in [0.717, 1.165) is 12.1 Å². The SMILES string of the molecule is CCC(C#N)Nc1cccc2ccccc12. The Kier molecular flexibility index (Phi) is 3.07. The van der Waals surface area contributed by atoms with E-state index in [2.05, 4.69) is 29.6 Å². The molecule has 1 atom stereocenters. The zero-order valence-corrected chi connectivity index (χ0v) is 9.27. The Hall–Kier alpha value is -2.01. The minimum atomic E-state index is -0.120. The van der Waals surface area contributed by atoms with Crippen molar-refractivity contribution in [2.45, 2.75) is 19.4 Å². The smallest absolute Gasteiger partial charge is 0.114 e. The van der Waals surface area contributed by atoms with Gasteiger partial charge in [0.1, 0.15) is 6.04 Å². The molecule has 0 radical (unpaired) electrons. The molecule has 0 aromatic heterocycles. The molecule has 0 aliphatic carbocycles. The summed E-state index contributed by atoms with van der Waals surface area (Å²) in [5.74, 6) is 0. The van der Waals surface area contributed by atoms with Gasteiger partial charge in [-0.3, -0.25) is 0 Å². The van der Waals surface area contributed by atoms with Crippen molar-refractivity contribution >= 4 is 16.5 Å². The summed E-state index contributed by atoms with van der Waals surface area (Å²) in [6, 6.07) is 16.4. The zero-order valence-electron chi connectivity index (χ0n) is 9.27. The Morgan fingerprint density at radius 3 is 2.69 bits per heavy atom. The van der Waals surface area contributed by atoms with Crippen molar-refractivity contribution in [2.24, 2.45) is 0 Å². The van der Waals surface area contributed by atoms with Gasteiger partial charge in [0.05, 0.1) is 6.07 Å². The molecule has 0 bridgehead atoms. The van der Waals surface area contributed by atoms with Crippen molar-refractivity contribution in [3.05, 3.63) is 42.5 Å². The number of hydrogen-bond acceptors (Lipinski definition) is 2. The minimum Gasteiger partial charge on any atom is -0.369 e. The van der Waals surface area contributed by atoms with E-state index in [1.165, 1.54) is 10.8 Å². The summed E-state index contributed by atoms with van der Waals surface area (Å²) >= 11 is 0. The Balaban J connectivity index is 2.41. The summed E-state index contributed by atoms with van der Waals surface area (Å²) in [5, 5.41) is 14.6. The maximum atomic E-state index is 8.95. The molecule has 0 fully saturated rings. The third kappa shape index (κ3) is 1.99. The monoisotopic (exact) mass is 210 g/mol. The average Bonchev–Trinajstić information content (AvgIpc) is 2.36. The fourth-order valence-electron chi connectivity index (χ4n) is 1.76. The summed E-state index contributed by atoms with van der Waals surface area (Å²) in [4.78, 5) is 0. The van der Waals surface area contributed by atoms with Crippen molar-refractivity contribution < 1.29 is 0 Å². The van der Waals surface area contributed by atoms with Crippen molar-refractivity contribution in [2.75, 3.05) is 5.32 Å². The highest BCUT2D eigenvalue weighted by Crippen LogP contribution is 2.23. The highest BCUT2D eigenvalue weighted by molar-refractivity contribution is 5.93. The van der Waals surface area contributed by atoms with Gasteiger partial charge in [-0.25, -0.2) is 0 Å². The number of anilines is 1. The van der Waals surface area contributed by atoms with Crippen LogP contribution in [0.1, 0.15) is 13.3 Å². The summed E-state index contributed by atoms with van der Waals surface area (Å²) in [5.41, 5.74) is 1.03. The number of nitrogens with zero attached hydrogens (tertiary/aromatic N) is 1. The highest BCUT2D eigenvalue weighted by Gasteiger charge is 2.05. The third-order valence-corrected chi connectivity index (χ3v) is 2.68. The minimum absolute atomic E-state index is 0.120. The maximum Gasteiger partial charge on any atom is 0.114 e. The van der Waals surface area contributed by atoms with Gasteiger partial charge in [-0.05, 0) is 17.9 Å².